The van der Waals surface area contributed by atoms with Crippen molar-refractivity contribution in [2.45, 2.75) is 26.2 Å². The van der Waals surface area contributed by atoms with Crippen LogP contribution in [0, 0.1) is 0 Å². The Morgan fingerprint density at radius 3 is 2.53 bits per heavy atom. The van der Waals surface area contributed by atoms with Crippen molar-refractivity contribution in [3.05, 3.63) is 54.1 Å². The summed E-state index contributed by atoms with van der Waals surface area (Å²) >= 11 is 0. The van der Waals surface area contributed by atoms with Crippen molar-refractivity contribution in [3.8, 4) is 0 Å². The average molecular weight is 250 g/mol. The lowest BCUT2D eigenvalue weighted by Crippen LogP contribution is -2.26. The van der Waals surface area contributed by atoms with Crippen LogP contribution in [-0.2, 0) is 5.41 Å². The molecule has 0 aromatic heterocycles. The van der Waals surface area contributed by atoms with Crippen LogP contribution in [0.3, 0.4) is 0 Å². The van der Waals surface area contributed by atoms with E-state index in [9.17, 15) is 0 Å². The van der Waals surface area contributed by atoms with Crippen LogP contribution in [0.5, 0.6) is 0 Å². The van der Waals surface area contributed by atoms with E-state index >= 15 is 0 Å². The van der Waals surface area contributed by atoms with E-state index < -0.39 is 0 Å². The third kappa shape index (κ3) is 1.58. The quantitative estimate of drug-likeness (QED) is 0.659. The standard InChI is InChI=1S/C18H20N/c1-5-8-16-18(2,3)17-14-10-7-6-9-13(14)11-12-15(17)19(16)4/h5-12H,1-4H3/q+1. The van der Waals surface area contributed by atoms with Crippen molar-refractivity contribution in [2.24, 2.45) is 0 Å². The number of benzene rings is 2. The third-order valence-electron chi connectivity index (χ3n) is 4.22. The molecule has 0 aliphatic carbocycles. The third-order valence-corrected chi connectivity index (χ3v) is 4.22. The van der Waals surface area contributed by atoms with Crippen LogP contribution in [0.2, 0.25) is 0 Å². The highest BCUT2D eigenvalue weighted by atomic mass is 15.0. The first kappa shape index (κ1) is 12.2. The summed E-state index contributed by atoms with van der Waals surface area (Å²) in [5.74, 6) is 0. The molecular weight excluding hydrogens is 230 g/mol. The summed E-state index contributed by atoms with van der Waals surface area (Å²) in [7, 11) is 2.16. The molecule has 19 heavy (non-hydrogen) atoms. The van der Waals surface area contributed by atoms with Crippen LogP contribution in [0.4, 0.5) is 5.69 Å². The Morgan fingerprint density at radius 2 is 1.79 bits per heavy atom. The van der Waals surface area contributed by atoms with E-state index in [2.05, 4.69) is 80.9 Å². The highest BCUT2D eigenvalue weighted by Crippen LogP contribution is 2.43. The van der Waals surface area contributed by atoms with Crippen molar-refractivity contribution >= 4 is 22.2 Å². The predicted octanol–water partition coefficient (Wildman–Crippen LogP) is 4.42. The normalized spacial score (nSPS) is 17.5. The highest BCUT2D eigenvalue weighted by Gasteiger charge is 2.43. The zero-order chi connectivity index (χ0) is 13.6. The topological polar surface area (TPSA) is 3.01 Å². The number of nitrogens with zero attached hydrogens (tertiary/aromatic N) is 1. The number of rotatable bonds is 1. The zero-order valence-electron chi connectivity index (χ0n) is 12.1. The van der Waals surface area contributed by atoms with Crippen LogP contribution >= 0.6 is 0 Å². The molecule has 1 heterocycles. The first-order valence-electron chi connectivity index (χ1n) is 6.83. The summed E-state index contributed by atoms with van der Waals surface area (Å²) < 4.78 is 2.32. The van der Waals surface area contributed by atoms with Gasteiger partial charge in [-0.25, -0.2) is 0 Å². The number of fused-ring (bicyclic) bond motifs is 3. The SMILES string of the molecule is CC=CC1=[N+](C)c2ccc3ccccc3c2C1(C)C. The second-order valence-electron chi connectivity index (χ2n) is 5.75. The second kappa shape index (κ2) is 4.06. The van der Waals surface area contributed by atoms with Crippen LogP contribution in [0.1, 0.15) is 26.3 Å². The van der Waals surface area contributed by atoms with Crippen molar-refractivity contribution in [3.63, 3.8) is 0 Å². The van der Waals surface area contributed by atoms with E-state index in [4.69, 9.17) is 0 Å². The molecule has 0 unspecified atom stereocenters. The van der Waals surface area contributed by atoms with Crippen molar-refractivity contribution in [2.75, 3.05) is 7.05 Å². The van der Waals surface area contributed by atoms with Crippen LogP contribution in [0.25, 0.3) is 10.8 Å². The smallest absolute Gasteiger partial charge is 0.198 e. The van der Waals surface area contributed by atoms with Gasteiger partial charge in [0.1, 0.15) is 7.05 Å². The molecule has 0 atom stereocenters. The summed E-state index contributed by atoms with van der Waals surface area (Å²) in [6, 6.07) is 13.1. The first-order valence-corrected chi connectivity index (χ1v) is 6.83. The minimum atomic E-state index is 0.0530. The van der Waals surface area contributed by atoms with Gasteiger partial charge in [-0.15, -0.1) is 0 Å². The molecule has 0 fully saturated rings. The Kier molecular flexibility index (Phi) is 2.60. The van der Waals surface area contributed by atoms with E-state index in [0.717, 1.165) is 0 Å². The molecule has 0 N–H and O–H groups in total. The maximum atomic E-state index is 2.32. The molecule has 1 heteroatoms. The largest absolute Gasteiger partial charge is 0.210 e. The summed E-state index contributed by atoms with van der Waals surface area (Å²) in [5.41, 5.74) is 4.19. The van der Waals surface area contributed by atoms with Gasteiger partial charge in [-0.05, 0) is 37.6 Å². The molecule has 0 saturated carbocycles. The van der Waals surface area contributed by atoms with Gasteiger partial charge in [0.05, 0.1) is 5.41 Å². The maximum Gasteiger partial charge on any atom is 0.210 e. The number of allylic oxidation sites excluding steroid dienone is 2. The molecule has 2 aromatic carbocycles. The molecule has 0 saturated heterocycles. The van der Waals surface area contributed by atoms with Gasteiger partial charge in [0.2, 0.25) is 5.69 Å². The van der Waals surface area contributed by atoms with Gasteiger partial charge in [-0.3, -0.25) is 0 Å². The van der Waals surface area contributed by atoms with Gasteiger partial charge < -0.3 is 0 Å². The molecular formula is C18H20N+. The van der Waals surface area contributed by atoms with E-state index in [1.165, 1.54) is 27.7 Å². The lowest BCUT2D eigenvalue weighted by Gasteiger charge is -2.17. The Bertz CT molecular complexity index is 718. The van der Waals surface area contributed by atoms with Gasteiger partial charge in [-0.2, -0.15) is 4.58 Å². The molecule has 1 aliphatic rings. The lowest BCUT2D eigenvalue weighted by molar-refractivity contribution is -0.401. The summed E-state index contributed by atoms with van der Waals surface area (Å²) in [4.78, 5) is 0. The van der Waals surface area contributed by atoms with Gasteiger partial charge >= 0.3 is 0 Å². The fraction of sp³-hybridized carbons (Fsp3) is 0.278. The van der Waals surface area contributed by atoms with Crippen LogP contribution in [0.15, 0.2) is 48.6 Å². The summed E-state index contributed by atoms with van der Waals surface area (Å²) in [6.07, 6.45) is 4.36. The average Bonchev–Trinajstić information content (AvgIpc) is 2.60. The van der Waals surface area contributed by atoms with Crippen molar-refractivity contribution in [1.29, 1.82) is 0 Å². The van der Waals surface area contributed by atoms with E-state index in [-0.39, 0.29) is 5.41 Å². The molecule has 0 spiro atoms. The summed E-state index contributed by atoms with van der Waals surface area (Å²) in [6.45, 7) is 6.71. The molecule has 0 bridgehead atoms. The maximum absolute atomic E-state index is 2.32. The first-order chi connectivity index (χ1) is 9.07. The molecule has 1 nitrogen and oxygen atoms in total. The van der Waals surface area contributed by atoms with Gasteiger partial charge in [-0.1, -0.05) is 30.3 Å². The molecule has 0 amide bonds. The Hall–Kier alpha value is -1.89. The predicted molar refractivity (Wildman–Crippen MR) is 82.6 cm³/mol. The van der Waals surface area contributed by atoms with Crippen molar-refractivity contribution < 1.29 is 4.58 Å². The molecule has 96 valence electrons. The molecule has 2 aromatic rings. The highest BCUT2D eigenvalue weighted by molar-refractivity contribution is 6.07. The Morgan fingerprint density at radius 1 is 1.05 bits per heavy atom. The zero-order valence-corrected chi connectivity index (χ0v) is 12.1. The monoisotopic (exact) mass is 250 g/mol. The van der Waals surface area contributed by atoms with Crippen LogP contribution < -0.4 is 0 Å². The minimum absolute atomic E-state index is 0.0530. The summed E-state index contributed by atoms with van der Waals surface area (Å²) in [5, 5.41) is 2.70. The Labute approximate surface area is 114 Å². The van der Waals surface area contributed by atoms with Gasteiger partial charge in [0.25, 0.3) is 0 Å². The van der Waals surface area contributed by atoms with Gasteiger partial charge in [0, 0.05) is 17.7 Å². The Balaban J connectivity index is 2.39. The minimum Gasteiger partial charge on any atom is -0.198 e. The number of hydrogen-bond donors (Lipinski definition) is 0. The van der Waals surface area contributed by atoms with E-state index in [0.29, 0.717) is 0 Å². The fourth-order valence-corrected chi connectivity index (χ4v) is 3.35. The van der Waals surface area contributed by atoms with Crippen LogP contribution in [-0.4, -0.2) is 17.3 Å². The fourth-order valence-electron chi connectivity index (χ4n) is 3.35. The van der Waals surface area contributed by atoms with E-state index in [1.807, 2.05) is 0 Å². The number of hydrogen-bond acceptors (Lipinski definition) is 0. The van der Waals surface area contributed by atoms with Gasteiger partial charge in [0.15, 0.2) is 5.71 Å². The van der Waals surface area contributed by atoms with E-state index in [1.54, 1.807) is 0 Å². The van der Waals surface area contributed by atoms with Crippen molar-refractivity contribution in [1.82, 2.24) is 0 Å². The molecule has 3 rings (SSSR count). The molecule has 1 aliphatic heterocycles. The molecule has 0 radical (unpaired) electrons. The lowest BCUT2D eigenvalue weighted by atomic mass is 9.79. The second-order valence-corrected chi connectivity index (χ2v) is 5.75.